The molecule has 6 heteroatoms. The molecule has 0 aliphatic rings. The summed E-state index contributed by atoms with van der Waals surface area (Å²) in [6.07, 6.45) is 3.49. The molecule has 0 bridgehead atoms. The largest absolute Gasteiger partial charge is 0.368 e. The van der Waals surface area contributed by atoms with Gasteiger partial charge in [0.1, 0.15) is 5.52 Å². The standard InChI is InChI=1S/C8H13N5Si/c1-14(2,3)13-5-11-6-4-10-8(9)12-7(6)13/h4-5H,1-3H3,(H2,9,10,12). The second-order valence-electron chi connectivity index (χ2n) is 4.22. The van der Waals surface area contributed by atoms with E-state index in [9.17, 15) is 0 Å². The van der Waals surface area contributed by atoms with E-state index in [4.69, 9.17) is 5.73 Å². The summed E-state index contributed by atoms with van der Waals surface area (Å²) in [6, 6.07) is 0. The summed E-state index contributed by atoms with van der Waals surface area (Å²) >= 11 is 0. The van der Waals surface area contributed by atoms with E-state index in [0.29, 0.717) is 5.95 Å². The Morgan fingerprint density at radius 2 is 2.00 bits per heavy atom. The highest BCUT2D eigenvalue weighted by Gasteiger charge is 2.19. The SMILES string of the molecule is C[Si](C)(C)n1cnc2cnc(N)nc21. The fraction of sp³-hybridized carbons (Fsp3) is 0.375. The Morgan fingerprint density at radius 3 is 2.64 bits per heavy atom. The molecule has 14 heavy (non-hydrogen) atoms. The van der Waals surface area contributed by atoms with Gasteiger partial charge in [-0.3, -0.25) is 0 Å². The van der Waals surface area contributed by atoms with E-state index in [2.05, 4.69) is 38.8 Å². The third kappa shape index (κ3) is 1.37. The summed E-state index contributed by atoms with van der Waals surface area (Å²) in [4.78, 5) is 12.4. The van der Waals surface area contributed by atoms with Gasteiger partial charge in [0.15, 0.2) is 13.9 Å². The second kappa shape index (κ2) is 2.78. The van der Waals surface area contributed by atoms with Crippen LogP contribution in [-0.4, -0.2) is 27.4 Å². The molecule has 0 aromatic carbocycles. The van der Waals surface area contributed by atoms with Crippen LogP contribution in [0.3, 0.4) is 0 Å². The lowest BCUT2D eigenvalue weighted by atomic mass is 10.6. The molecule has 0 fully saturated rings. The van der Waals surface area contributed by atoms with Crippen LogP contribution in [0.25, 0.3) is 11.2 Å². The van der Waals surface area contributed by atoms with Crippen molar-refractivity contribution >= 4 is 25.3 Å². The van der Waals surface area contributed by atoms with E-state index in [1.807, 2.05) is 6.33 Å². The van der Waals surface area contributed by atoms with Gasteiger partial charge in [0.25, 0.3) is 0 Å². The van der Waals surface area contributed by atoms with E-state index in [-0.39, 0.29) is 0 Å². The van der Waals surface area contributed by atoms with E-state index in [0.717, 1.165) is 11.2 Å². The lowest BCUT2D eigenvalue weighted by Crippen LogP contribution is -2.31. The molecule has 0 saturated carbocycles. The van der Waals surface area contributed by atoms with Crippen molar-refractivity contribution in [3.05, 3.63) is 12.5 Å². The first kappa shape index (κ1) is 9.13. The smallest absolute Gasteiger partial charge is 0.222 e. The Kier molecular flexibility index (Phi) is 1.81. The molecule has 0 atom stereocenters. The quantitative estimate of drug-likeness (QED) is 0.711. The molecule has 0 radical (unpaired) electrons. The van der Waals surface area contributed by atoms with Gasteiger partial charge in [-0.05, 0) is 0 Å². The Morgan fingerprint density at radius 1 is 1.29 bits per heavy atom. The number of nitrogens with two attached hydrogens (primary N) is 1. The number of aromatic nitrogens is 4. The van der Waals surface area contributed by atoms with Crippen molar-refractivity contribution in [1.82, 2.24) is 19.2 Å². The van der Waals surface area contributed by atoms with Crippen LogP contribution in [-0.2, 0) is 0 Å². The van der Waals surface area contributed by atoms with Crippen molar-refractivity contribution in [3.8, 4) is 0 Å². The molecule has 0 aliphatic heterocycles. The fourth-order valence-electron chi connectivity index (χ4n) is 1.31. The Bertz CT molecular complexity index is 470. The predicted molar refractivity (Wildman–Crippen MR) is 58.5 cm³/mol. The molecular formula is C8H13N5Si. The number of rotatable bonds is 1. The van der Waals surface area contributed by atoms with Gasteiger partial charge in [-0.25, -0.2) is 9.97 Å². The average Bonchev–Trinajstić information content (AvgIpc) is 2.45. The normalized spacial score (nSPS) is 12.2. The Hall–Kier alpha value is -1.43. The van der Waals surface area contributed by atoms with Crippen LogP contribution in [0.5, 0.6) is 0 Å². The topological polar surface area (TPSA) is 69.6 Å². The molecule has 0 saturated heterocycles. The highest BCUT2D eigenvalue weighted by Crippen LogP contribution is 2.15. The summed E-state index contributed by atoms with van der Waals surface area (Å²) in [5.41, 5.74) is 7.20. The highest BCUT2D eigenvalue weighted by atomic mass is 28.3. The van der Waals surface area contributed by atoms with Gasteiger partial charge in [-0.2, -0.15) is 4.98 Å². The number of anilines is 1. The number of hydrogen-bond acceptors (Lipinski definition) is 4. The van der Waals surface area contributed by atoms with Crippen LogP contribution in [0.4, 0.5) is 5.95 Å². The first-order valence-corrected chi connectivity index (χ1v) is 7.89. The van der Waals surface area contributed by atoms with Crippen LogP contribution >= 0.6 is 0 Å². The van der Waals surface area contributed by atoms with Crippen molar-refractivity contribution in [2.24, 2.45) is 0 Å². The zero-order valence-corrected chi connectivity index (χ0v) is 9.52. The lowest BCUT2D eigenvalue weighted by molar-refractivity contribution is 1.12. The van der Waals surface area contributed by atoms with Crippen LogP contribution in [0.2, 0.25) is 19.6 Å². The van der Waals surface area contributed by atoms with Crippen LogP contribution in [0.1, 0.15) is 0 Å². The molecule has 2 aromatic heterocycles. The van der Waals surface area contributed by atoms with Crippen molar-refractivity contribution in [2.75, 3.05) is 5.73 Å². The molecule has 0 spiro atoms. The summed E-state index contributed by atoms with van der Waals surface area (Å²) < 4.78 is 2.13. The van der Waals surface area contributed by atoms with Gasteiger partial charge in [0, 0.05) is 0 Å². The average molecular weight is 207 g/mol. The van der Waals surface area contributed by atoms with Crippen LogP contribution in [0.15, 0.2) is 12.5 Å². The number of imidazole rings is 1. The molecular weight excluding hydrogens is 194 g/mol. The van der Waals surface area contributed by atoms with Gasteiger partial charge in [-0.1, -0.05) is 19.6 Å². The molecule has 74 valence electrons. The number of nitrogen functional groups attached to an aromatic ring is 1. The van der Waals surface area contributed by atoms with Gasteiger partial charge in [0.2, 0.25) is 5.95 Å². The zero-order chi connectivity index (χ0) is 10.3. The summed E-state index contributed by atoms with van der Waals surface area (Å²) in [6.45, 7) is 6.69. The van der Waals surface area contributed by atoms with E-state index in [1.165, 1.54) is 0 Å². The monoisotopic (exact) mass is 207 g/mol. The first-order valence-electron chi connectivity index (χ1n) is 4.44. The molecule has 0 amide bonds. The molecule has 2 N–H and O–H groups in total. The predicted octanol–water partition coefficient (Wildman–Crippen LogP) is 1.09. The molecule has 2 heterocycles. The van der Waals surface area contributed by atoms with Gasteiger partial charge >= 0.3 is 0 Å². The number of nitrogens with zero attached hydrogens (tertiary/aromatic N) is 4. The van der Waals surface area contributed by atoms with E-state index >= 15 is 0 Å². The maximum atomic E-state index is 5.55. The molecule has 2 rings (SSSR count). The third-order valence-corrected chi connectivity index (χ3v) is 3.80. The zero-order valence-electron chi connectivity index (χ0n) is 8.52. The number of fused-ring (bicyclic) bond motifs is 1. The maximum absolute atomic E-state index is 5.55. The minimum absolute atomic E-state index is 0.303. The lowest BCUT2D eigenvalue weighted by Gasteiger charge is -2.17. The second-order valence-corrected chi connectivity index (χ2v) is 9.05. The first-order chi connectivity index (χ1) is 6.48. The van der Waals surface area contributed by atoms with Crippen molar-refractivity contribution in [2.45, 2.75) is 19.6 Å². The summed E-state index contributed by atoms with van der Waals surface area (Å²) in [5, 5.41) is 0. The van der Waals surface area contributed by atoms with E-state index < -0.39 is 8.24 Å². The third-order valence-electron chi connectivity index (χ3n) is 2.03. The van der Waals surface area contributed by atoms with Gasteiger partial charge < -0.3 is 9.97 Å². The highest BCUT2D eigenvalue weighted by molar-refractivity contribution is 6.75. The fourth-order valence-corrected chi connectivity index (χ4v) is 2.52. The Labute approximate surface area is 83.1 Å². The molecule has 0 unspecified atom stereocenters. The molecule has 5 nitrogen and oxygen atoms in total. The maximum Gasteiger partial charge on any atom is 0.222 e. The summed E-state index contributed by atoms with van der Waals surface area (Å²) in [5.74, 6) is 0.303. The van der Waals surface area contributed by atoms with E-state index in [1.54, 1.807) is 6.20 Å². The number of hydrogen-bond donors (Lipinski definition) is 1. The van der Waals surface area contributed by atoms with Gasteiger partial charge in [-0.15, -0.1) is 0 Å². The van der Waals surface area contributed by atoms with Crippen molar-refractivity contribution in [1.29, 1.82) is 0 Å². The summed E-state index contributed by atoms with van der Waals surface area (Å²) in [7, 11) is -1.46. The van der Waals surface area contributed by atoms with Crippen molar-refractivity contribution in [3.63, 3.8) is 0 Å². The van der Waals surface area contributed by atoms with Gasteiger partial charge in [0.05, 0.1) is 12.5 Å². The van der Waals surface area contributed by atoms with Crippen LogP contribution in [0, 0.1) is 0 Å². The minimum atomic E-state index is -1.46. The van der Waals surface area contributed by atoms with Crippen molar-refractivity contribution < 1.29 is 0 Å². The minimum Gasteiger partial charge on any atom is -0.368 e. The molecule has 2 aromatic rings. The molecule has 0 aliphatic carbocycles. The van der Waals surface area contributed by atoms with Crippen LogP contribution < -0.4 is 5.73 Å². The Balaban J connectivity index is 2.73.